The molecule has 0 saturated carbocycles. The largest absolute Gasteiger partial charge is 0.244 e. The van der Waals surface area contributed by atoms with E-state index in [-0.39, 0.29) is 5.82 Å². The maximum Gasteiger partial charge on any atom is 0.186 e. The first-order valence-electron chi connectivity index (χ1n) is 6.85. The highest BCUT2D eigenvalue weighted by atomic mass is 32.2. The Labute approximate surface area is 132 Å². The molecule has 2 aromatic heterocycles. The van der Waals surface area contributed by atoms with Crippen LogP contribution in [-0.4, -0.2) is 19.7 Å². The number of hydrogen-bond acceptors (Lipinski definition) is 4. The summed E-state index contributed by atoms with van der Waals surface area (Å²) >= 11 is 1.52. The van der Waals surface area contributed by atoms with Crippen LogP contribution in [0.1, 0.15) is 17.0 Å². The highest BCUT2D eigenvalue weighted by molar-refractivity contribution is 7.98. The summed E-state index contributed by atoms with van der Waals surface area (Å²) in [7, 11) is 0. The number of halogens is 1. The molecule has 0 aliphatic heterocycles. The molecule has 0 spiro atoms. The van der Waals surface area contributed by atoms with Gasteiger partial charge in [-0.2, -0.15) is 5.10 Å². The zero-order valence-electron chi connectivity index (χ0n) is 12.3. The van der Waals surface area contributed by atoms with Gasteiger partial charge in [-0.3, -0.25) is 0 Å². The molecule has 0 aliphatic carbocycles. The van der Waals surface area contributed by atoms with Gasteiger partial charge in [0.15, 0.2) is 5.82 Å². The van der Waals surface area contributed by atoms with E-state index in [1.165, 1.54) is 23.9 Å². The molecular weight excluding hydrogens is 299 g/mol. The highest BCUT2D eigenvalue weighted by Gasteiger charge is 2.12. The fourth-order valence-corrected chi connectivity index (χ4v) is 3.07. The molecule has 1 aromatic carbocycles. The van der Waals surface area contributed by atoms with Gasteiger partial charge in [-0.25, -0.2) is 19.0 Å². The molecule has 0 amide bonds. The first kappa shape index (κ1) is 14.7. The van der Waals surface area contributed by atoms with Crippen LogP contribution in [0.5, 0.6) is 0 Å². The third-order valence-electron chi connectivity index (χ3n) is 3.12. The average molecular weight is 314 g/mol. The van der Waals surface area contributed by atoms with Crippen molar-refractivity contribution in [3.63, 3.8) is 0 Å². The van der Waals surface area contributed by atoms with Gasteiger partial charge >= 0.3 is 0 Å². The third-order valence-corrected chi connectivity index (χ3v) is 4.16. The molecule has 6 heteroatoms. The fourth-order valence-electron chi connectivity index (χ4n) is 2.19. The maximum atomic E-state index is 13.2. The van der Waals surface area contributed by atoms with Crippen LogP contribution >= 0.6 is 11.8 Å². The Kier molecular flexibility index (Phi) is 4.20. The molecule has 0 N–H and O–H groups in total. The second-order valence-corrected chi connectivity index (χ2v) is 5.91. The molecule has 0 saturated heterocycles. The first-order chi connectivity index (χ1) is 10.6. The van der Waals surface area contributed by atoms with E-state index in [9.17, 15) is 4.39 Å². The van der Waals surface area contributed by atoms with Gasteiger partial charge in [0.25, 0.3) is 0 Å². The summed E-state index contributed by atoms with van der Waals surface area (Å²) in [6.07, 6.45) is 3.31. The minimum Gasteiger partial charge on any atom is -0.244 e. The van der Waals surface area contributed by atoms with E-state index in [4.69, 9.17) is 0 Å². The van der Waals surface area contributed by atoms with Crippen LogP contribution in [0.4, 0.5) is 4.39 Å². The van der Waals surface area contributed by atoms with Gasteiger partial charge < -0.3 is 0 Å². The predicted molar refractivity (Wildman–Crippen MR) is 84.6 cm³/mol. The lowest BCUT2D eigenvalue weighted by Gasteiger charge is -2.08. The molecule has 0 atom stereocenters. The number of hydrogen-bond donors (Lipinski definition) is 0. The van der Waals surface area contributed by atoms with Crippen molar-refractivity contribution in [1.29, 1.82) is 0 Å². The molecule has 0 unspecified atom stereocenters. The number of aryl methyl sites for hydroxylation is 2. The average Bonchev–Trinajstić information content (AvgIpc) is 2.84. The fraction of sp³-hybridized carbons (Fsp3) is 0.188. The summed E-state index contributed by atoms with van der Waals surface area (Å²) < 4.78 is 15.0. The molecule has 0 bridgehead atoms. The van der Waals surface area contributed by atoms with Gasteiger partial charge in [0.05, 0.1) is 5.69 Å². The Hall–Kier alpha value is -2.21. The van der Waals surface area contributed by atoms with E-state index in [1.807, 2.05) is 26.0 Å². The van der Waals surface area contributed by atoms with Crippen molar-refractivity contribution < 1.29 is 4.39 Å². The lowest BCUT2D eigenvalue weighted by atomic mass is 10.2. The quantitative estimate of drug-likeness (QED) is 0.689. The van der Waals surface area contributed by atoms with Crippen molar-refractivity contribution in [2.45, 2.75) is 24.6 Å². The van der Waals surface area contributed by atoms with Crippen molar-refractivity contribution in [2.24, 2.45) is 0 Å². The maximum absolute atomic E-state index is 13.2. The van der Waals surface area contributed by atoms with Gasteiger partial charge in [0, 0.05) is 23.8 Å². The van der Waals surface area contributed by atoms with Crippen LogP contribution in [0.2, 0.25) is 0 Å². The Morgan fingerprint density at radius 3 is 2.68 bits per heavy atom. The van der Waals surface area contributed by atoms with Crippen LogP contribution < -0.4 is 0 Å². The summed E-state index contributed by atoms with van der Waals surface area (Å²) in [4.78, 5) is 8.78. The van der Waals surface area contributed by atoms with E-state index >= 15 is 0 Å². The summed E-state index contributed by atoms with van der Waals surface area (Å²) in [5, 5.41) is 5.23. The van der Waals surface area contributed by atoms with E-state index < -0.39 is 0 Å². The molecule has 112 valence electrons. The van der Waals surface area contributed by atoms with Crippen molar-refractivity contribution >= 4 is 11.8 Å². The molecule has 0 aliphatic rings. The van der Waals surface area contributed by atoms with Crippen LogP contribution in [0.15, 0.2) is 47.8 Å². The lowest BCUT2D eigenvalue weighted by Crippen LogP contribution is -2.05. The highest BCUT2D eigenvalue weighted by Crippen LogP contribution is 2.26. The smallest absolute Gasteiger partial charge is 0.186 e. The molecule has 0 radical (unpaired) electrons. The van der Waals surface area contributed by atoms with Crippen LogP contribution in [0, 0.1) is 19.7 Å². The second kappa shape index (κ2) is 6.27. The predicted octanol–water partition coefficient (Wildman–Crippen LogP) is 3.71. The number of thioether (sulfide) groups is 1. The normalized spacial score (nSPS) is 10.9. The SMILES string of the molecule is Cc1cc(C)n(-c2nccnc2SCc2cccc(F)c2)n1. The molecular formula is C16H15FN4S. The number of aromatic nitrogens is 4. The van der Waals surface area contributed by atoms with E-state index in [2.05, 4.69) is 15.1 Å². The number of benzene rings is 1. The molecule has 4 nitrogen and oxygen atoms in total. The van der Waals surface area contributed by atoms with E-state index in [0.29, 0.717) is 11.6 Å². The van der Waals surface area contributed by atoms with E-state index in [1.54, 1.807) is 23.1 Å². The molecule has 0 fully saturated rings. The van der Waals surface area contributed by atoms with Crippen molar-refractivity contribution in [1.82, 2.24) is 19.7 Å². The van der Waals surface area contributed by atoms with Gasteiger partial charge in [-0.15, -0.1) is 0 Å². The Morgan fingerprint density at radius 2 is 1.95 bits per heavy atom. The Bertz CT molecular complexity index is 800. The zero-order chi connectivity index (χ0) is 15.5. The molecule has 3 aromatic rings. The summed E-state index contributed by atoms with van der Waals surface area (Å²) in [5.41, 5.74) is 2.85. The van der Waals surface area contributed by atoms with Gasteiger partial charge in [-0.1, -0.05) is 23.9 Å². The van der Waals surface area contributed by atoms with Crippen LogP contribution in [0.25, 0.3) is 5.82 Å². The van der Waals surface area contributed by atoms with Crippen LogP contribution in [0.3, 0.4) is 0 Å². The van der Waals surface area contributed by atoms with Gasteiger partial charge in [-0.05, 0) is 37.6 Å². The number of nitrogens with zero attached hydrogens (tertiary/aromatic N) is 4. The first-order valence-corrected chi connectivity index (χ1v) is 7.84. The minimum atomic E-state index is -0.226. The Balaban J connectivity index is 1.87. The Morgan fingerprint density at radius 1 is 1.14 bits per heavy atom. The second-order valence-electron chi connectivity index (χ2n) is 4.94. The van der Waals surface area contributed by atoms with E-state index in [0.717, 1.165) is 22.0 Å². The molecule has 2 heterocycles. The molecule has 3 rings (SSSR count). The molecule has 22 heavy (non-hydrogen) atoms. The van der Waals surface area contributed by atoms with Crippen molar-refractivity contribution in [3.8, 4) is 5.82 Å². The van der Waals surface area contributed by atoms with Gasteiger partial charge in [0.2, 0.25) is 0 Å². The summed E-state index contributed by atoms with van der Waals surface area (Å²) in [6.45, 7) is 3.93. The standard InChI is InChI=1S/C16H15FN4S/c1-11-8-12(2)21(20-11)15-16(19-7-6-18-15)22-10-13-4-3-5-14(17)9-13/h3-9H,10H2,1-2H3. The zero-order valence-corrected chi connectivity index (χ0v) is 13.1. The third kappa shape index (κ3) is 3.17. The van der Waals surface area contributed by atoms with Crippen molar-refractivity contribution in [2.75, 3.05) is 0 Å². The minimum absolute atomic E-state index is 0.226. The van der Waals surface area contributed by atoms with Crippen LogP contribution in [-0.2, 0) is 5.75 Å². The van der Waals surface area contributed by atoms with Gasteiger partial charge in [0.1, 0.15) is 10.8 Å². The lowest BCUT2D eigenvalue weighted by molar-refractivity contribution is 0.626. The topological polar surface area (TPSA) is 43.6 Å². The monoisotopic (exact) mass is 314 g/mol. The number of rotatable bonds is 4. The summed E-state index contributed by atoms with van der Waals surface area (Å²) in [5.74, 6) is 1.11. The van der Waals surface area contributed by atoms with Crippen molar-refractivity contribution in [3.05, 3.63) is 65.5 Å². The summed E-state index contributed by atoms with van der Waals surface area (Å²) in [6, 6.07) is 8.58.